The van der Waals surface area contributed by atoms with E-state index in [1.165, 1.54) is 11.1 Å². The van der Waals surface area contributed by atoms with Gasteiger partial charge in [-0.2, -0.15) is 0 Å². The maximum atomic E-state index is 5.84. The molecule has 4 nitrogen and oxygen atoms in total. The van der Waals surface area contributed by atoms with E-state index in [4.69, 9.17) is 21.7 Å². The number of nitrogens with zero attached hydrogens (tertiary/aromatic N) is 1. The van der Waals surface area contributed by atoms with Gasteiger partial charge in [-0.1, -0.05) is 30.3 Å². The predicted molar refractivity (Wildman–Crippen MR) is 110 cm³/mol. The van der Waals surface area contributed by atoms with Crippen LogP contribution in [0, 0.1) is 6.92 Å². The molecule has 1 atom stereocenters. The van der Waals surface area contributed by atoms with Gasteiger partial charge in [-0.15, -0.1) is 0 Å². The van der Waals surface area contributed by atoms with E-state index in [0.717, 1.165) is 44.0 Å². The summed E-state index contributed by atoms with van der Waals surface area (Å²) in [6.07, 6.45) is 2.45. The number of benzene rings is 2. The first-order chi connectivity index (χ1) is 12.7. The quantitative estimate of drug-likeness (QED) is 0.763. The molecule has 1 saturated heterocycles. The van der Waals surface area contributed by atoms with Crippen molar-refractivity contribution >= 4 is 23.0 Å². The Hall–Kier alpha value is -2.11. The second-order valence-corrected chi connectivity index (χ2v) is 6.99. The van der Waals surface area contributed by atoms with Gasteiger partial charge in [0, 0.05) is 31.5 Å². The molecule has 2 aromatic carbocycles. The Morgan fingerprint density at radius 1 is 1.27 bits per heavy atom. The van der Waals surface area contributed by atoms with Crippen LogP contribution >= 0.6 is 12.2 Å². The van der Waals surface area contributed by atoms with Gasteiger partial charge >= 0.3 is 0 Å². The molecule has 0 amide bonds. The monoisotopic (exact) mass is 370 g/mol. The predicted octanol–water partition coefficient (Wildman–Crippen LogP) is 4.38. The molecule has 1 aliphatic heterocycles. The van der Waals surface area contributed by atoms with Crippen LogP contribution in [0.5, 0.6) is 5.75 Å². The van der Waals surface area contributed by atoms with E-state index in [1.807, 2.05) is 24.3 Å². The molecule has 0 saturated carbocycles. The molecule has 0 spiro atoms. The molecular weight excluding hydrogens is 344 g/mol. The highest BCUT2D eigenvalue weighted by molar-refractivity contribution is 7.80. The van der Waals surface area contributed by atoms with Gasteiger partial charge in [0.05, 0.1) is 13.2 Å². The lowest BCUT2D eigenvalue weighted by Crippen LogP contribution is -2.39. The van der Waals surface area contributed by atoms with Crippen molar-refractivity contribution in [3.8, 4) is 5.75 Å². The highest BCUT2D eigenvalue weighted by atomic mass is 32.1. The smallest absolute Gasteiger partial charge is 0.173 e. The van der Waals surface area contributed by atoms with Gasteiger partial charge in [-0.3, -0.25) is 0 Å². The van der Waals surface area contributed by atoms with E-state index in [1.54, 1.807) is 7.11 Å². The number of nitrogens with one attached hydrogen (secondary N) is 1. The van der Waals surface area contributed by atoms with Crippen LogP contribution in [0.1, 0.15) is 24.0 Å². The number of aryl methyl sites for hydroxylation is 1. The zero-order chi connectivity index (χ0) is 18.4. The van der Waals surface area contributed by atoms with E-state index in [-0.39, 0.29) is 6.10 Å². The van der Waals surface area contributed by atoms with Crippen LogP contribution in [0.15, 0.2) is 48.5 Å². The summed E-state index contributed by atoms with van der Waals surface area (Å²) in [6.45, 7) is 4.55. The molecule has 3 rings (SSSR count). The molecule has 0 radical (unpaired) electrons. The van der Waals surface area contributed by atoms with Gasteiger partial charge in [0.2, 0.25) is 0 Å². The third-order valence-electron chi connectivity index (χ3n) is 4.68. The number of ether oxygens (including phenoxy) is 2. The van der Waals surface area contributed by atoms with Crippen molar-refractivity contribution in [1.82, 2.24) is 4.90 Å². The first kappa shape index (κ1) is 18.7. The summed E-state index contributed by atoms with van der Waals surface area (Å²) in [5.41, 5.74) is 3.48. The lowest BCUT2D eigenvalue weighted by Gasteiger charge is -2.29. The molecule has 0 aromatic heterocycles. The van der Waals surface area contributed by atoms with Crippen LogP contribution in [-0.4, -0.2) is 36.4 Å². The standard InChI is InChI=1S/C21H26N2O2S/c1-16-7-3-4-8-17(16)14-23(15-20-11-6-12-25-20)21(26)22-18-9-5-10-19(13-18)24-2/h3-5,7-10,13,20H,6,11-12,14-15H2,1-2H3,(H,22,26). The lowest BCUT2D eigenvalue weighted by molar-refractivity contribution is 0.0905. The molecule has 5 heteroatoms. The van der Waals surface area contributed by atoms with Crippen LogP contribution in [0.2, 0.25) is 0 Å². The van der Waals surface area contributed by atoms with E-state index in [0.29, 0.717) is 5.11 Å². The summed E-state index contributed by atoms with van der Waals surface area (Å²) in [5, 5.41) is 4.06. The van der Waals surface area contributed by atoms with Crippen LogP contribution in [0.25, 0.3) is 0 Å². The molecule has 2 aromatic rings. The summed E-state index contributed by atoms with van der Waals surface area (Å²) in [6, 6.07) is 16.3. The molecule has 26 heavy (non-hydrogen) atoms. The van der Waals surface area contributed by atoms with Crippen molar-refractivity contribution in [3.63, 3.8) is 0 Å². The van der Waals surface area contributed by atoms with Crippen molar-refractivity contribution < 1.29 is 9.47 Å². The second-order valence-electron chi connectivity index (χ2n) is 6.60. The van der Waals surface area contributed by atoms with Gasteiger partial charge in [0.15, 0.2) is 5.11 Å². The first-order valence-electron chi connectivity index (χ1n) is 9.02. The Morgan fingerprint density at radius 2 is 2.12 bits per heavy atom. The van der Waals surface area contributed by atoms with Crippen molar-refractivity contribution in [2.75, 3.05) is 25.6 Å². The number of thiocarbonyl (C=S) groups is 1. The van der Waals surface area contributed by atoms with Crippen LogP contribution in [-0.2, 0) is 11.3 Å². The fourth-order valence-electron chi connectivity index (χ4n) is 3.15. The number of anilines is 1. The van der Waals surface area contributed by atoms with Gasteiger partial charge in [-0.25, -0.2) is 0 Å². The van der Waals surface area contributed by atoms with Gasteiger partial charge in [-0.05, 0) is 55.2 Å². The first-order valence-corrected chi connectivity index (χ1v) is 9.42. The summed E-state index contributed by atoms with van der Waals surface area (Å²) in [4.78, 5) is 2.20. The zero-order valence-corrected chi connectivity index (χ0v) is 16.2. The van der Waals surface area contributed by atoms with Crippen LogP contribution in [0.3, 0.4) is 0 Å². The van der Waals surface area contributed by atoms with Crippen molar-refractivity contribution in [2.45, 2.75) is 32.4 Å². The zero-order valence-electron chi connectivity index (χ0n) is 15.4. The number of rotatable bonds is 6. The summed E-state index contributed by atoms with van der Waals surface area (Å²) >= 11 is 5.73. The molecule has 1 fully saturated rings. The maximum absolute atomic E-state index is 5.84. The Balaban J connectivity index is 1.74. The van der Waals surface area contributed by atoms with E-state index < -0.39 is 0 Å². The molecule has 1 unspecified atom stereocenters. The maximum Gasteiger partial charge on any atom is 0.173 e. The molecule has 1 heterocycles. The fraction of sp³-hybridized carbons (Fsp3) is 0.381. The molecule has 1 aliphatic rings. The summed E-state index contributed by atoms with van der Waals surface area (Å²) < 4.78 is 11.1. The Labute approximate surface area is 161 Å². The highest BCUT2D eigenvalue weighted by Gasteiger charge is 2.21. The minimum Gasteiger partial charge on any atom is -0.497 e. The van der Waals surface area contributed by atoms with E-state index in [2.05, 4.69) is 41.4 Å². The van der Waals surface area contributed by atoms with Gasteiger partial charge in [0.1, 0.15) is 5.75 Å². The third kappa shape index (κ3) is 4.96. The van der Waals surface area contributed by atoms with Gasteiger partial charge < -0.3 is 19.7 Å². The van der Waals surface area contributed by atoms with Crippen molar-refractivity contribution in [1.29, 1.82) is 0 Å². The van der Waals surface area contributed by atoms with E-state index in [9.17, 15) is 0 Å². The Bertz CT molecular complexity index is 744. The average molecular weight is 371 g/mol. The third-order valence-corrected chi connectivity index (χ3v) is 5.04. The molecule has 138 valence electrons. The minimum atomic E-state index is 0.240. The molecule has 1 N–H and O–H groups in total. The van der Waals surface area contributed by atoms with Gasteiger partial charge in [0.25, 0.3) is 0 Å². The lowest BCUT2D eigenvalue weighted by atomic mass is 10.1. The van der Waals surface area contributed by atoms with Crippen molar-refractivity contribution in [3.05, 3.63) is 59.7 Å². The topological polar surface area (TPSA) is 33.7 Å². The van der Waals surface area contributed by atoms with Crippen LogP contribution < -0.4 is 10.1 Å². The summed E-state index contributed by atoms with van der Waals surface area (Å²) in [5.74, 6) is 0.808. The fourth-order valence-corrected chi connectivity index (χ4v) is 3.41. The average Bonchev–Trinajstić information content (AvgIpc) is 3.16. The number of hydrogen-bond donors (Lipinski definition) is 1. The number of hydrogen-bond acceptors (Lipinski definition) is 3. The van der Waals surface area contributed by atoms with E-state index >= 15 is 0 Å². The molecule has 0 bridgehead atoms. The van der Waals surface area contributed by atoms with Crippen LogP contribution in [0.4, 0.5) is 5.69 Å². The SMILES string of the molecule is COc1cccc(NC(=S)N(Cc2ccccc2C)CC2CCCO2)c1. The molecular formula is C21H26N2O2S. The Kier molecular flexibility index (Phi) is 6.47. The largest absolute Gasteiger partial charge is 0.497 e. The number of methoxy groups -OCH3 is 1. The molecule has 0 aliphatic carbocycles. The normalized spacial score (nSPS) is 16.3. The highest BCUT2D eigenvalue weighted by Crippen LogP contribution is 2.20. The van der Waals surface area contributed by atoms with Crippen molar-refractivity contribution in [2.24, 2.45) is 0 Å². The summed E-state index contributed by atoms with van der Waals surface area (Å²) in [7, 11) is 1.67. The second kappa shape index (κ2) is 9.01. The Morgan fingerprint density at radius 3 is 2.85 bits per heavy atom. The minimum absolute atomic E-state index is 0.240.